The van der Waals surface area contributed by atoms with Gasteiger partial charge >= 0.3 is 0 Å². The lowest BCUT2D eigenvalue weighted by Gasteiger charge is -2.40. The van der Waals surface area contributed by atoms with Crippen LogP contribution in [0.15, 0.2) is 12.1 Å². The number of hydrogen-bond donors (Lipinski definition) is 1. The molecule has 1 amide bonds. The summed E-state index contributed by atoms with van der Waals surface area (Å²) < 4.78 is 11.6. The lowest BCUT2D eigenvalue weighted by molar-refractivity contribution is -0.185. The summed E-state index contributed by atoms with van der Waals surface area (Å²) in [5.41, 5.74) is 4.31. The summed E-state index contributed by atoms with van der Waals surface area (Å²) in [5.74, 6) is -0.273. The average Bonchev–Trinajstić information content (AvgIpc) is 3.03. The Kier molecular flexibility index (Phi) is 2.72. The minimum absolute atomic E-state index is 0.152. The third-order valence-electron chi connectivity index (χ3n) is 5.58. The molecule has 2 aliphatic heterocycles. The molecule has 0 unspecified atom stereocenters. The van der Waals surface area contributed by atoms with Gasteiger partial charge in [-0.2, -0.15) is 0 Å². The van der Waals surface area contributed by atoms with E-state index in [1.165, 1.54) is 16.7 Å². The van der Waals surface area contributed by atoms with Crippen molar-refractivity contribution in [3.05, 3.63) is 28.8 Å². The van der Waals surface area contributed by atoms with Gasteiger partial charge in [-0.1, -0.05) is 6.07 Å². The average molecular weight is 287 g/mol. The van der Waals surface area contributed by atoms with Crippen molar-refractivity contribution in [2.45, 2.75) is 50.7 Å². The van der Waals surface area contributed by atoms with E-state index >= 15 is 0 Å². The monoisotopic (exact) mass is 287 g/mol. The van der Waals surface area contributed by atoms with Crippen LogP contribution in [-0.2, 0) is 19.7 Å². The van der Waals surface area contributed by atoms with Gasteiger partial charge in [-0.15, -0.1) is 0 Å². The fraction of sp³-hybridized carbons (Fsp3) is 0.588. The van der Waals surface area contributed by atoms with Gasteiger partial charge in [-0.05, 0) is 49.4 Å². The van der Waals surface area contributed by atoms with Crippen molar-refractivity contribution >= 4 is 11.6 Å². The van der Waals surface area contributed by atoms with E-state index in [2.05, 4.69) is 25.2 Å². The van der Waals surface area contributed by atoms with Gasteiger partial charge in [0.05, 0.1) is 18.6 Å². The van der Waals surface area contributed by atoms with E-state index in [1.807, 2.05) is 6.07 Å². The van der Waals surface area contributed by atoms with E-state index in [4.69, 9.17) is 9.47 Å². The first-order valence-electron chi connectivity index (χ1n) is 7.76. The molecule has 0 aromatic heterocycles. The largest absolute Gasteiger partial charge is 0.348 e. The van der Waals surface area contributed by atoms with Gasteiger partial charge in [-0.3, -0.25) is 4.79 Å². The second kappa shape index (κ2) is 4.31. The lowest BCUT2D eigenvalue weighted by Crippen LogP contribution is -2.45. The molecular weight excluding hydrogens is 266 g/mol. The molecule has 1 aliphatic carbocycles. The third kappa shape index (κ3) is 1.72. The Morgan fingerprint density at radius 2 is 1.71 bits per heavy atom. The maximum Gasteiger partial charge on any atom is 0.235 e. The van der Waals surface area contributed by atoms with Crippen LogP contribution in [0.2, 0.25) is 0 Å². The fourth-order valence-corrected chi connectivity index (χ4v) is 4.21. The number of carbonyl (C=O) groups is 1. The Labute approximate surface area is 124 Å². The molecule has 1 saturated heterocycles. The van der Waals surface area contributed by atoms with Crippen molar-refractivity contribution in [2.75, 3.05) is 18.5 Å². The number of benzene rings is 1. The summed E-state index contributed by atoms with van der Waals surface area (Å²) in [5, 5.41) is 3.08. The molecule has 0 atom stereocenters. The fourth-order valence-electron chi connectivity index (χ4n) is 4.21. The quantitative estimate of drug-likeness (QED) is 0.798. The van der Waals surface area contributed by atoms with E-state index in [9.17, 15) is 4.79 Å². The first-order valence-corrected chi connectivity index (χ1v) is 7.76. The number of rotatable bonds is 0. The Bertz CT molecular complexity index is 607. The Morgan fingerprint density at radius 1 is 1.05 bits per heavy atom. The van der Waals surface area contributed by atoms with Crippen LogP contribution in [0.5, 0.6) is 0 Å². The number of fused-ring (bicyclic) bond motifs is 2. The molecule has 112 valence electrons. The van der Waals surface area contributed by atoms with Crippen molar-refractivity contribution in [1.29, 1.82) is 0 Å². The number of ether oxygens (including phenoxy) is 2. The number of amides is 1. The molecule has 4 rings (SSSR count). The van der Waals surface area contributed by atoms with E-state index in [0.29, 0.717) is 13.2 Å². The molecule has 1 N–H and O–H groups in total. The van der Waals surface area contributed by atoms with Crippen molar-refractivity contribution in [2.24, 2.45) is 0 Å². The van der Waals surface area contributed by atoms with Crippen molar-refractivity contribution in [3.63, 3.8) is 0 Å². The second-order valence-corrected chi connectivity index (χ2v) is 6.57. The Balaban J connectivity index is 1.74. The minimum Gasteiger partial charge on any atom is -0.348 e. The topological polar surface area (TPSA) is 47.6 Å². The van der Waals surface area contributed by atoms with Gasteiger partial charge in [-0.25, -0.2) is 0 Å². The van der Waals surface area contributed by atoms with Gasteiger partial charge in [0, 0.05) is 18.5 Å². The van der Waals surface area contributed by atoms with Crippen LogP contribution in [0.1, 0.15) is 42.4 Å². The van der Waals surface area contributed by atoms with Crippen LogP contribution in [0.25, 0.3) is 0 Å². The van der Waals surface area contributed by atoms with Gasteiger partial charge in [0.2, 0.25) is 5.91 Å². The molecule has 2 fully saturated rings. The van der Waals surface area contributed by atoms with E-state index in [1.54, 1.807) is 0 Å². The molecule has 4 heteroatoms. The smallest absolute Gasteiger partial charge is 0.235 e. The molecule has 1 saturated carbocycles. The zero-order chi connectivity index (χ0) is 14.7. The van der Waals surface area contributed by atoms with Gasteiger partial charge in [0.1, 0.15) is 0 Å². The summed E-state index contributed by atoms with van der Waals surface area (Å²) in [7, 11) is 0. The van der Waals surface area contributed by atoms with Crippen LogP contribution in [-0.4, -0.2) is 24.9 Å². The molecule has 0 radical (unpaired) electrons. The maximum absolute atomic E-state index is 12.7. The zero-order valence-corrected chi connectivity index (χ0v) is 12.6. The number of hydrogen-bond acceptors (Lipinski definition) is 3. The van der Waals surface area contributed by atoms with Crippen LogP contribution in [0.4, 0.5) is 5.69 Å². The molecular formula is C17H21NO3. The van der Waals surface area contributed by atoms with E-state index < -0.39 is 5.79 Å². The summed E-state index contributed by atoms with van der Waals surface area (Å²) in [6.45, 7) is 5.59. The first-order chi connectivity index (χ1) is 10.1. The number of anilines is 1. The third-order valence-corrected chi connectivity index (χ3v) is 5.58. The van der Waals surface area contributed by atoms with E-state index in [-0.39, 0.29) is 11.3 Å². The van der Waals surface area contributed by atoms with Gasteiger partial charge in [0.15, 0.2) is 5.79 Å². The van der Waals surface area contributed by atoms with Crippen molar-refractivity contribution in [3.8, 4) is 0 Å². The zero-order valence-electron chi connectivity index (χ0n) is 12.6. The summed E-state index contributed by atoms with van der Waals surface area (Å²) in [6, 6.07) is 4.12. The predicted molar refractivity (Wildman–Crippen MR) is 79.3 cm³/mol. The molecule has 21 heavy (non-hydrogen) atoms. The van der Waals surface area contributed by atoms with E-state index in [0.717, 1.165) is 31.4 Å². The minimum atomic E-state index is -0.425. The highest BCUT2D eigenvalue weighted by Gasteiger charge is 2.54. The highest BCUT2D eigenvalue weighted by molar-refractivity contribution is 6.07. The molecule has 1 aromatic rings. The summed E-state index contributed by atoms with van der Waals surface area (Å²) >= 11 is 0. The number of aryl methyl sites for hydroxylation is 1. The van der Waals surface area contributed by atoms with Crippen LogP contribution >= 0.6 is 0 Å². The standard InChI is InChI=1S/C17H21NO3/c1-11-3-4-13-14(12(11)2)16(15(19)18-13)5-7-17(8-6-16)20-9-10-21-17/h3-4H,5-10H2,1-2H3,(H,18,19). The second-order valence-electron chi connectivity index (χ2n) is 6.57. The molecule has 2 spiro atoms. The number of carbonyl (C=O) groups excluding carboxylic acids is 1. The summed E-state index contributed by atoms with van der Waals surface area (Å²) in [6.07, 6.45) is 3.20. The molecule has 4 nitrogen and oxygen atoms in total. The normalized spacial score (nSPS) is 25.3. The predicted octanol–water partition coefficient (Wildman–Crippen LogP) is 2.81. The molecule has 0 bridgehead atoms. The highest BCUT2D eigenvalue weighted by atomic mass is 16.7. The Hall–Kier alpha value is -1.39. The van der Waals surface area contributed by atoms with Gasteiger partial charge in [0.25, 0.3) is 0 Å². The van der Waals surface area contributed by atoms with Crippen LogP contribution in [0, 0.1) is 13.8 Å². The summed E-state index contributed by atoms with van der Waals surface area (Å²) in [4.78, 5) is 12.7. The van der Waals surface area contributed by atoms with Crippen LogP contribution < -0.4 is 5.32 Å². The molecule has 3 aliphatic rings. The SMILES string of the molecule is Cc1ccc2c(c1C)C1(CCC3(CC1)OCCO3)C(=O)N2. The molecule has 2 heterocycles. The van der Waals surface area contributed by atoms with Crippen LogP contribution in [0.3, 0.4) is 0 Å². The molecule has 1 aromatic carbocycles. The highest BCUT2D eigenvalue weighted by Crippen LogP contribution is 2.52. The van der Waals surface area contributed by atoms with Gasteiger partial charge < -0.3 is 14.8 Å². The van der Waals surface area contributed by atoms with Crippen molar-refractivity contribution in [1.82, 2.24) is 0 Å². The van der Waals surface area contributed by atoms with Crippen molar-refractivity contribution < 1.29 is 14.3 Å². The first kappa shape index (κ1) is 13.3. The Morgan fingerprint density at radius 3 is 2.38 bits per heavy atom. The maximum atomic E-state index is 12.7. The number of nitrogens with one attached hydrogen (secondary N) is 1. The lowest BCUT2D eigenvalue weighted by atomic mass is 9.67.